The summed E-state index contributed by atoms with van der Waals surface area (Å²) in [4.78, 5) is 21.1. The number of hydrogen-bond acceptors (Lipinski definition) is 4. The average Bonchev–Trinajstić information content (AvgIpc) is 2.28. The molecular weight excluding hydrogens is 230 g/mol. The van der Waals surface area contributed by atoms with Crippen molar-refractivity contribution in [3.8, 4) is 0 Å². The number of nitrogens with one attached hydrogen (secondary N) is 1. The minimum Gasteiger partial charge on any atom is -0.481 e. The third kappa shape index (κ3) is 9.12. The number of nitrogens with zero attached hydrogens (tertiary/aromatic N) is 1. The first-order valence-electron chi connectivity index (χ1n) is 5.03. The lowest BCUT2D eigenvalue weighted by Crippen LogP contribution is -2.44. The predicted octanol–water partition coefficient (Wildman–Crippen LogP) is -0.852. The molecule has 0 aromatic rings. The van der Waals surface area contributed by atoms with Crippen LogP contribution in [0.4, 0.5) is 0 Å². The first kappa shape index (κ1) is 15.2. The molecule has 8 heteroatoms. The van der Waals surface area contributed by atoms with E-state index in [0.29, 0.717) is 13.2 Å². The van der Waals surface area contributed by atoms with Gasteiger partial charge in [-0.15, -0.1) is 0 Å². The Morgan fingerprint density at radius 1 is 1.18 bits per heavy atom. The van der Waals surface area contributed by atoms with Crippen molar-refractivity contribution in [2.45, 2.75) is 12.8 Å². The molecule has 1 heterocycles. The van der Waals surface area contributed by atoms with Crippen molar-refractivity contribution in [1.82, 2.24) is 4.90 Å². The van der Waals surface area contributed by atoms with Crippen LogP contribution < -0.4 is 5.73 Å². The second-order valence-corrected chi connectivity index (χ2v) is 3.27. The highest BCUT2D eigenvalue weighted by molar-refractivity contribution is 5.75. The first-order valence-corrected chi connectivity index (χ1v) is 5.03. The number of guanidine groups is 1. The molecule has 0 aromatic heterocycles. The Labute approximate surface area is 98.5 Å². The van der Waals surface area contributed by atoms with Gasteiger partial charge in [0.25, 0.3) is 0 Å². The van der Waals surface area contributed by atoms with Crippen molar-refractivity contribution < 1.29 is 24.5 Å². The summed E-state index contributed by atoms with van der Waals surface area (Å²) in [5.74, 6) is -2.00. The van der Waals surface area contributed by atoms with E-state index in [9.17, 15) is 9.59 Å². The fraction of sp³-hybridized carbons (Fsp3) is 0.667. The van der Waals surface area contributed by atoms with Gasteiger partial charge in [0.1, 0.15) is 0 Å². The van der Waals surface area contributed by atoms with Crippen LogP contribution >= 0.6 is 0 Å². The Morgan fingerprint density at radius 2 is 1.59 bits per heavy atom. The number of carboxylic acid groups (broad SMARTS) is 2. The Hall–Kier alpha value is -1.83. The zero-order valence-electron chi connectivity index (χ0n) is 9.39. The highest BCUT2D eigenvalue weighted by Crippen LogP contribution is 1.93. The molecule has 1 rings (SSSR count). The Bertz CT molecular complexity index is 262. The zero-order chi connectivity index (χ0) is 13.3. The maximum atomic E-state index is 9.64. The normalized spacial score (nSPS) is 14.5. The van der Waals surface area contributed by atoms with E-state index in [1.165, 1.54) is 0 Å². The van der Waals surface area contributed by atoms with Crippen LogP contribution in [-0.4, -0.2) is 59.3 Å². The van der Waals surface area contributed by atoms with E-state index >= 15 is 0 Å². The molecule has 0 aliphatic carbocycles. The number of nitrogens with two attached hydrogens (primary N) is 1. The maximum Gasteiger partial charge on any atom is 0.303 e. The smallest absolute Gasteiger partial charge is 0.303 e. The molecule has 0 unspecified atom stereocenters. The van der Waals surface area contributed by atoms with E-state index < -0.39 is 11.9 Å². The van der Waals surface area contributed by atoms with Crippen molar-refractivity contribution in [2.24, 2.45) is 5.73 Å². The maximum absolute atomic E-state index is 9.64. The summed E-state index contributed by atoms with van der Waals surface area (Å²) in [5, 5.41) is 22.8. The van der Waals surface area contributed by atoms with Crippen molar-refractivity contribution in [2.75, 3.05) is 26.3 Å². The summed E-state index contributed by atoms with van der Waals surface area (Å²) in [6.07, 6.45) is -0.593. The fourth-order valence-electron chi connectivity index (χ4n) is 1.02. The summed E-state index contributed by atoms with van der Waals surface area (Å²) in [5.41, 5.74) is 5.22. The SMILES string of the molecule is N=C(N)N1CCOCC1.O=C(O)CCC(=O)O. The van der Waals surface area contributed by atoms with Crippen molar-refractivity contribution in [1.29, 1.82) is 5.41 Å². The van der Waals surface area contributed by atoms with Gasteiger partial charge in [-0.25, -0.2) is 0 Å². The number of ether oxygens (including phenoxy) is 1. The monoisotopic (exact) mass is 247 g/mol. The summed E-state index contributed by atoms with van der Waals surface area (Å²) in [7, 11) is 0. The van der Waals surface area contributed by atoms with Gasteiger partial charge < -0.3 is 25.6 Å². The molecule has 5 N–H and O–H groups in total. The Balaban J connectivity index is 0.000000304. The summed E-state index contributed by atoms with van der Waals surface area (Å²) < 4.78 is 5.06. The first-order chi connectivity index (χ1) is 7.93. The quantitative estimate of drug-likeness (QED) is 0.376. The molecule has 0 saturated carbocycles. The van der Waals surface area contributed by atoms with Crippen molar-refractivity contribution in [3.63, 3.8) is 0 Å². The van der Waals surface area contributed by atoms with E-state index in [-0.39, 0.29) is 18.8 Å². The molecule has 1 aliphatic heterocycles. The molecule has 0 amide bonds. The lowest BCUT2D eigenvalue weighted by atomic mass is 10.3. The van der Waals surface area contributed by atoms with Gasteiger partial charge in [-0.2, -0.15) is 0 Å². The summed E-state index contributed by atoms with van der Waals surface area (Å²) in [6, 6.07) is 0. The molecule has 0 radical (unpaired) electrons. The zero-order valence-corrected chi connectivity index (χ0v) is 9.39. The molecule has 8 nitrogen and oxygen atoms in total. The summed E-state index contributed by atoms with van der Waals surface area (Å²) in [6.45, 7) is 2.91. The third-order valence-corrected chi connectivity index (χ3v) is 1.90. The predicted molar refractivity (Wildman–Crippen MR) is 58.8 cm³/mol. The second-order valence-electron chi connectivity index (χ2n) is 3.27. The van der Waals surface area contributed by atoms with E-state index in [0.717, 1.165) is 13.1 Å². The minimum atomic E-state index is -1.08. The molecule has 0 aromatic carbocycles. The molecule has 98 valence electrons. The Morgan fingerprint density at radius 3 is 1.82 bits per heavy atom. The van der Waals surface area contributed by atoms with E-state index in [1.54, 1.807) is 4.90 Å². The van der Waals surface area contributed by atoms with Crippen molar-refractivity contribution >= 4 is 17.9 Å². The average molecular weight is 247 g/mol. The second kappa shape index (κ2) is 8.34. The van der Waals surface area contributed by atoms with Gasteiger partial charge >= 0.3 is 11.9 Å². The van der Waals surface area contributed by atoms with Gasteiger partial charge in [0.05, 0.1) is 26.1 Å². The van der Waals surface area contributed by atoms with Gasteiger partial charge in [-0.05, 0) is 0 Å². The highest BCUT2D eigenvalue weighted by Gasteiger charge is 2.09. The number of rotatable bonds is 3. The standard InChI is InChI=1S/C5H11N3O.C4H6O4/c6-5(7)8-1-3-9-4-2-8;5-3(6)1-2-4(7)8/h1-4H2,(H3,6,7);1-2H2,(H,5,6)(H,7,8). The molecule has 17 heavy (non-hydrogen) atoms. The van der Waals surface area contributed by atoms with Crippen LogP contribution in [0.2, 0.25) is 0 Å². The topological polar surface area (TPSA) is 137 Å². The molecule has 1 aliphatic rings. The fourth-order valence-corrected chi connectivity index (χ4v) is 1.02. The molecular formula is C9H17N3O5. The van der Waals surface area contributed by atoms with Crippen LogP contribution in [0.5, 0.6) is 0 Å². The van der Waals surface area contributed by atoms with Gasteiger partial charge in [0.2, 0.25) is 0 Å². The number of morpholine rings is 1. The molecule has 0 atom stereocenters. The van der Waals surface area contributed by atoms with Crippen LogP contribution in [0.15, 0.2) is 0 Å². The number of hydrogen-bond donors (Lipinski definition) is 4. The molecule has 0 spiro atoms. The van der Waals surface area contributed by atoms with Crippen LogP contribution in [-0.2, 0) is 14.3 Å². The number of carboxylic acids is 2. The van der Waals surface area contributed by atoms with Crippen LogP contribution in [0, 0.1) is 5.41 Å². The van der Waals surface area contributed by atoms with Gasteiger partial charge in [-0.3, -0.25) is 15.0 Å². The van der Waals surface area contributed by atoms with Gasteiger partial charge in [0, 0.05) is 13.1 Å². The number of carbonyl (C=O) groups is 2. The van der Waals surface area contributed by atoms with E-state index in [2.05, 4.69) is 0 Å². The van der Waals surface area contributed by atoms with Crippen LogP contribution in [0.1, 0.15) is 12.8 Å². The van der Waals surface area contributed by atoms with Gasteiger partial charge in [-0.1, -0.05) is 0 Å². The highest BCUT2D eigenvalue weighted by atomic mass is 16.5. The molecule has 1 fully saturated rings. The van der Waals surface area contributed by atoms with Crippen LogP contribution in [0.3, 0.4) is 0 Å². The molecule has 1 saturated heterocycles. The van der Waals surface area contributed by atoms with E-state index in [4.69, 9.17) is 26.1 Å². The minimum absolute atomic E-state index is 0.151. The Kier molecular flexibility index (Phi) is 7.44. The lowest BCUT2D eigenvalue weighted by molar-refractivity contribution is -0.143. The van der Waals surface area contributed by atoms with Crippen molar-refractivity contribution in [3.05, 3.63) is 0 Å². The van der Waals surface area contributed by atoms with Gasteiger partial charge in [0.15, 0.2) is 5.96 Å². The summed E-state index contributed by atoms with van der Waals surface area (Å²) >= 11 is 0. The largest absolute Gasteiger partial charge is 0.481 e. The van der Waals surface area contributed by atoms with E-state index in [1.807, 2.05) is 0 Å². The van der Waals surface area contributed by atoms with Crippen LogP contribution in [0.25, 0.3) is 0 Å². The lowest BCUT2D eigenvalue weighted by Gasteiger charge is -2.26. The number of aliphatic carboxylic acids is 2. The molecule has 0 bridgehead atoms. The third-order valence-electron chi connectivity index (χ3n) is 1.90.